The number of aromatic hydroxyl groups is 2. The molecule has 20 heavy (non-hydrogen) atoms. The van der Waals surface area contributed by atoms with E-state index in [9.17, 15) is 19.5 Å². The second-order valence-electron chi connectivity index (χ2n) is 3.78. The van der Waals surface area contributed by atoms with Crippen molar-refractivity contribution in [3.63, 3.8) is 0 Å². The van der Waals surface area contributed by atoms with Crippen molar-refractivity contribution in [2.45, 2.75) is 0 Å². The van der Waals surface area contributed by atoms with Crippen molar-refractivity contribution >= 4 is 24.1 Å². The van der Waals surface area contributed by atoms with Crippen LogP contribution in [0.5, 0.6) is 11.5 Å². The number of phenolic OH excluding ortho intramolecular Hbond substituents is 2. The second kappa shape index (κ2) is 7.05. The Kier molecular flexibility index (Phi) is 5.42. The van der Waals surface area contributed by atoms with Crippen LogP contribution in [0.15, 0.2) is 23.8 Å². The molecule has 1 aromatic carbocycles. The fraction of sp³-hybridized carbons (Fsp3) is 0.154. The summed E-state index contributed by atoms with van der Waals surface area (Å²) in [5.41, 5.74) is 0.0921. The summed E-state index contributed by atoms with van der Waals surface area (Å²) in [7, 11) is 0. The standard InChI is InChI=1S/C13H12O7/c14-5-9(12(17)6-20-7-13(18)19)3-8-1-2-10(15)11(16)4-8/h1-5,15-16H,6-7H2,(H,18,19). The molecule has 0 aliphatic rings. The van der Waals surface area contributed by atoms with Crippen molar-refractivity contribution in [2.24, 2.45) is 0 Å². The first-order chi connectivity index (χ1) is 9.43. The van der Waals surface area contributed by atoms with Gasteiger partial charge in [0, 0.05) is 0 Å². The molecule has 0 atom stereocenters. The van der Waals surface area contributed by atoms with Gasteiger partial charge in [0.15, 0.2) is 23.6 Å². The molecule has 1 aromatic rings. The quantitative estimate of drug-likeness (QED) is 0.216. The first kappa shape index (κ1) is 15.4. The number of hydrogen-bond donors (Lipinski definition) is 3. The SMILES string of the molecule is O=CC(=Cc1ccc(O)c(O)c1)C(=O)COCC(=O)O. The summed E-state index contributed by atoms with van der Waals surface area (Å²) in [5.74, 6) is -2.63. The van der Waals surface area contributed by atoms with E-state index in [-0.39, 0.29) is 11.3 Å². The molecule has 0 saturated carbocycles. The van der Waals surface area contributed by atoms with Gasteiger partial charge in [0.1, 0.15) is 13.2 Å². The summed E-state index contributed by atoms with van der Waals surface area (Å²) in [6.07, 6.45) is 1.50. The Morgan fingerprint density at radius 1 is 1.15 bits per heavy atom. The minimum atomic E-state index is -1.22. The van der Waals surface area contributed by atoms with Crippen molar-refractivity contribution in [1.82, 2.24) is 0 Å². The summed E-state index contributed by atoms with van der Waals surface area (Å²) in [4.78, 5) is 32.6. The molecule has 0 fully saturated rings. The summed E-state index contributed by atoms with van der Waals surface area (Å²) in [6, 6.07) is 3.77. The Morgan fingerprint density at radius 3 is 2.40 bits per heavy atom. The number of aliphatic carboxylic acids is 1. The van der Waals surface area contributed by atoms with Crippen LogP contribution in [0.4, 0.5) is 0 Å². The van der Waals surface area contributed by atoms with E-state index in [1.165, 1.54) is 24.3 Å². The summed E-state index contributed by atoms with van der Waals surface area (Å²) in [6.45, 7) is -1.18. The predicted molar refractivity (Wildman–Crippen MR) is 67.3 cm³/mol. The normalized spacial score (nSPS) is 11.1. The molecule has 0 spiro atoms. The third-order valence-corrected chi connectivity index (χ3v) is 2.23. The average Bonchev–Trinajstić information content (AvgIpc) is 2.39. The van der Waals surface area contributed by atoms with Crippen molar-refractivity contribution in [1.29, 1.82) is 0 Å². The van der Waals surface area contributed by atoms with Crippen LogP contribution in [0.3, 0.4) is 0 Å². The lowest BCUT2D eigenvalue weighted by molar-refractivity contribution is -0.143. The van der Waals surface area contributed by atoms with Gasteiger partial charge < -0.3 is 20.1 Å². The summed E-state index contributed by atoms with van der Waals surface area (Å²) in [5, 5.41) is 26.8. The maximum atomic E-state index is 11.6. The number of phenols is 2. The van der Waals surface area contributed by atoms with Crippen LogP contribution in [0, 0.1) is 0 Å². The summed E-state index contributed by atoms with van der Waals surface area (Å²) < 4.78 is 4.58. The maximum Gasteiger partial charge on any atom is 0.329 e. The van der Waals surface area contributed by atoms with E-state index in [4.69, 9.17) is 10.2 Å². The highest BCUT2D eigenvalue weighted by atomic mass is 16.5. The van der Waals surface area contributed by atoms with E-state index in [1.54, 1.807) is 0 Å². The second-order valence-corrected chi connectivity index (χ2v) is 3.78. The summed E-state index contributed by atoms with van der Waals surface area (Å²) >= 11 is 0. The molecule has 3 N–H and O–H groups in total. The Balaban J connectivity index is 2.80. The van der Waals surface area contributed by atoms with Gasteiger partial charge >= 0.3 is 5.97 Å². The molecule has 7 heteroatoms. The maximum absolute atomic E-state index is 11.6. The minimum Gasteiger partial charge on any atom is -0.504 e. The number of carbonyl (C=O) groups excluding carboxylic acids is 2. The number of hydrogen-bond acceptors (Lipinski definition) is 6. The number of aldehydes is 1. The molecule has 0 radical (unpaired) electrons. The molecule has 0 aliphatic carbocycles. The Labute approximate surface area is 113 Å². The smallest absolute Gasteiger partial charge is 0.329 e. The molecule has 106 valence electrons. The lowest BCUT2D eigenvalue weighted by atomic mass is 10.1. The van der Waals surface area contributed by atoms with Gasteiger partial charge in [0.05, 0.1) is 5.57 Å². The number of ether oxygens (including phenoxy) is 1. The Morgan fingerprint density at radius 2 is 1.85 bits per heavy atom. The average molecular weight is 280 g/mol. The highest BCUT2D eigenvalue weighted by molar-refractivity contribution is 6.16. The van der Waals surface area contributed by atoms with E-state index in [0.717, 1.165) is 0 Å². The predicted octanol–water partition coefficient (Wildman–Crippen LogP) is 0.350. The number of benzene rings is 1. The Bertz CT molecular complexity index is 560. The molecule has 0 aromatic heterocycles. The molecule has 0 unspecified atom stereocenters. The van der Waals surface area contributed by atoms with Crippen molar-refractivity contribution in [3.05, 3.63) is 29.3 Å². The van der Waals surface area contributed by atoms with Gasteiger partial charge in [0.2, 0.25) is 0 Å². The monoisotopic (exact) mass is 280 g/mol. The zero-order valence-corrected chi connectivity index (χ0v) is 10.3. The molecular formula is C13H12O7. The third kappa shape index (κ3) is 4.54. The largest absolute Gasteiger partial charge is 0.504 e. The number of Topliss-reactive ketones (excluding diaryl/α,β-unsaturated/α-hetero) is 1. The molecular weight excluding hydrogens is 268 g/mol. The van der Waals surface area contributed by atoms with E-state index in [2.05, 4.69) is 4.74 Å². The van der Waals surface area contributed by atoms with Crippen LogP contribution in [-0.2, 0) is 19.1 Å². The van der Waals surface area contributed by atoms with Gasteiger partial charge in [-0.3, -0.25) is 9.59 Å². The number of carboxylic acid groups (broad SMARTS) is 1. The van der Waals surface area contributed by atoms with Crippen molar-refractivity contribution < 1.29 is 34.4 Å². The van der Waals surface area contributed by atoms with Crippen LogP contribution in [0.25, 0.3) is 6.08 Å². The lowest BCUT2D eigenvalue weighted by Gasteiger charge is -2.02. The zero-order chi connectivity index (χ0) is 15.1. The number of ketones is 1. The molecule has 0 bridgehead atoms. The van der Waals surface area contributed by atoms with Gasteiger partial charge in [0.25, 0.3) is 0 Å². The van der Waals surface area contributed by atoms with E-state index in [1.807, 2.05) is 0 Å². The molecule has 0 saturated heterocycles. The van der Waals surface area contributed by atoms with Crippen LogP contribution in [0.2, 0.25) is 0 Å². The lowest BCUT2D eigenvalue weighted by Crippen LogP contribution is -2.16. The number of rotatable bonds is 7. The first-order valence-corrected chi connectivity index (χ1v) is 5.45. The Hall–Kier alpha value is -2.67. The fourth-order valence-electron chi connectivity index (χ4n) is 1.30. The van der Waals surface area contributed by atoms with Crippen LogP contribution >= 0.6 is 0 Å². The highest BCUT2D eigenvalue weighted by Gasteiger charge is 2.10. The molecule has 0 aliphatic heterocycles. The van der Waals surface area contributed by atoms with E-state index in [0.29, 0.717) is 11.8 Å². The van der Waals surface area contributed by atoms with Crippen LogP contribution in [0.1, 0.15) is 5.56 Å². The first-order valence-electron chi connectivity index (χ1n) is 5.45. The van der Waals surface area contributed by atoms with Crippen molar-refractivity contribution in [2.75, 3.05) is 13.2 Å². The fourth-order valence-corrected chi connectivity index (χ4v) is 1.30. The van der Waals surface area contributed by atoms with Crippen molar-refractivity contribution in [3.8, 4) is 11.5 Å². The minimum absolute atomic E-state index is 0.236. The topological polar surface area (TPSA) is 121 Å². The van der Waals surface area contributed by atoms with Crippen LogP contribution in [-0.4, -0.2) is 46.6 Å². The molecule has 7 nitrogen and oxygen atoms in total. The number of carbonyl (C=O) groups is 3. The highest BCUT2D eigenvalue weighted by Crippen LogP contribution is 2.25. The van der Waals surface area contributed by atoms with Crippen LogP contribution < -0.4 is 0 Å². The zero-order valence-electron chi connectivity index (χ0n) is 10.3. The molecule has 1 rings (SSSR count). The van der Waals surface area contributed by atoms with Gasteiger partial charge in [-0.25, -0.2) is 4.79 Å². The van der Waals surface area contributed by atoms with Gasteiger partial charge in [-0.2, -0.15) is 0 Å². The van der Waals surface area contributed by atoms with Gasteiger partial charge in [-0.15, -0.1) is 0 Å². The van der Waals surface area contributed by atoms with Gasteiger partial charge in [-0.1, -0.05) is 6.07 Å². The van der Waals surface area contributed by atoms with Gasteiger partial charge in [-0.05, 0) is 23.8 Å². The third-order valence-electron chi connectivity index (χ3n) is 2.23. The van der Waals surface area contributed by atoms with E-state index >= 15 is 0 Å². The number of carboxylic acids is 1. The molecule has 0 amide bonds. The van der Waals surface area contributed by atoms with E-state index < -0.39 is 30.7 Å². The molecule has 0 heterocycles.